The number of pyridine rings is 6. The number of rotatable bonds is 10. The van der Waals surface area contributed by atoms with Crippen molar-refractivity contribution in [1.82, 2.24) is 29.9 Å². The number of nitrogens with zero attached hydrogens (tertiary/aromatic N) is 6. The summed E-state index contributed by atoms with van der Waals surface area (Å²) in [5.74, 6) is 0. The molecule has 146 heavy (non-hydrogen) atoms. The average molecular weight is 2470 g/mol. The number of furan rings is 3. The second kappa shape index (κ2) is 45.3. The van der Waals surface area contributed by atoms with Crippen molar-refractivity contribution < 1.29 is 122 Å². The average Bonchev–Trinajstić information content (AvgIpc) is 1.61. The Morgan fingerprint density at radius 2 is 0.568 bits per heavy atom. The molecule has 0 atom stereocenters. The Labute approximate surface area is 946 Å². The van der Waals surface area contributed by atoms with Crippen LogP contribution < -0.4 is 0 Å². The van der Waals surface area contributed by atoms with Crippen molar-refractivity contribution in [3.8, 4) is 101 Å². The second-order valence-corrected chi connectivity index (χ2v) is 35.7. The van der Waals surface area contributed by atoms with Crippen molar-refractivity contribution in [2.24, 2.45) is 5.41 Å². The first-order chi connectivity index (χ1) is 83.3. The molecule has 9 heterocycles. The molecule has 0 fully saturated rings. The summed E-state index contributed by atoms with van der Waals surface area (Å²) < 4.78 is 292. The first kappa shape index (κ1) is 67.8. The predicted molar refractivity (Wildman–Crippen MR) is 596 cm³/mol. The van der Waals surface area contributed by atoms with Crippen molar-refractivity contribution in [3.63, 3.8) is 0 Å². The van der Waals surface area contributed by atoms with E-state index in [1.54, 1.807) is 146 Å². The Hall–Kier alpha value is -14.7. The molecule has 0 spiro atoms. The van der Waals surface area contributed by atoms with Gasteiger partial charge in [-0.3, -0.25) is 0 Å². The third kappa shape index (κ3) is 22.8. The molecular formula is C134H112Ir3N6O3-6. The van der Waals surface area contributed by atoms with Gasteiger partial charge in [-0.05, 0) is 228 Å². The van der Waals surface area contributed by atoms with Gasteiger partial charge in [0, 0.05) is 178 Å². The maximum Gasteiger partial charge on any atom is 0.128 e. The van der Waals surface area contributed by atoms with Crippen LogP contribution in [0, 0.1) is 145 Å². The van der Waals surface area contributed by atoms with E-state index in [1.165, 1.54) is 73.6 Å². The van der Waals surface area contributed by atoms with Crippen LogP contribution in [0.3, 0.4) is 0 Å². The summed E-state index contributed by atoms with van der Waals surface area (Å²) in [6.45, 7) is -12.9. The largest absolute Gasteiger partial charge is 0.500 e. The summed E-state index contributed by atoms with van der Waals surface area (Å²) in [5.41, 5.74) is 16.9. The molecule has 0 aliphatic carbocycles. The van der Waals surface area contributed by atoms with E-state index in [1.807, 2.05) is 151 Å². The van der Waals surface area contributed by atoms with Crippen LogP contribution in [0.2, 0.25) is 0 Å². The zero-order valence-electron chi connectivity index (χ0n) is 115. The molecule has 0 aliphatic rings. The minimum Gasteiger partial charge on any atom is -0.500 e. The normalized spacial score (nSPS) is 15.7. The quantitative estimate of drug-likeness (QED) is 0.123. The van der Waals surface area contributed by atoms with Crippen molar-refractivity contribution in [3.05, 3.63) is 466 Å². The van der Waals surface area contributed by atoms with Gasteiger partial charge < -0.3 is 43.2 Å². The molecule has 9 nitrogen and oxygen atoms in total. The Morgan fingerprint density at radius 1 is 0.247 bits per heavy atom. The van der Waals surface area contributed by atoms with Gasteiger partial charge in [0.2, 0.25) is 0 Å². The molecule has 0 saturated heterocycles. The maximum atomic E-state index is 8.25. The van der Waals surface area contributed by atoms with Crippen molar-refractivity contribution in [2.75, 3.05) is 0 Å². The molecule has 3 radical (unpaired) electrons. The van der Waals surface area contributed by atoms with Crippen LogP contribution in [0.4, 0.5) is 0 Å². The van der Waals surface area contributed by atoms with Crippen molar-refractivity contribution in [2.45, 2.75) is 130 Å². The van der Waals surface area contributed by atoms with Gasteiger partial charge >= 0.3 is 0 Å². The van der Waals surface area contributed by atoms with Gasteiger partial charge in [-0.15, -0.1) is 161 Å². The van der Waals surface area contributed by atoms with Gasteiger partial charge in [0.25, 0.3) is 0 Å². The summed E-state index contributed by atoms with van der Waals surface area (Å²) in [5, 5.41) is 11.7. The van der Waals surface area contributed by atoms with E-state index in [4.69, 9.17) is 61.2 Å². The van der Waals surface area contributed by atoms with Gasteiger partial charge in [-0.2, -0.15) is 0 Å². The number of aromatic nitrogens is 6. The van der Waals surface area contributed by atoms with Crippen LogP contribution in [0.15, 0.2) is 354 Å². The fourth-order valence-electron chi connectivity index (χ4n) is 17.2. The van der Waals surface area contributed by atoms with E-state index in [-0.39, 0.29) is 122 Å². The van der Waals surface area contributed by atoms with Crippen LogP contribution in [-0.4, -0.2) is 29.9 Å². The molecule has 0 aliphatic heterocycles. The Balaban J connectivity index is 0.000000152. The Morgan fingerprint density at radius 3 is 0.890 bits per heavy atom. The molecule has 12 heteroatoms. The van der Waals surface area contributed by atoms with E-state index in [9.17, 15) is 0 Å². The topological polar surface area (TPSA) is 117 Å². The second-order valence-electron chi connectivity index (χ2n) is 35.7. The third-order valence-corrected chi connectivity index (χ3v) is 24.3. The number of fused-ring (bicyclic) bond motifs is 15. The minimum atomic E-state index is -2.49. The van der Waals surface area contributed by atoms with Crippen molar-refractivity contribution in [1.29, 1.82) is 0 Å². The van der Waals surface area contributed by atoms with Gasteiger partial charge in [-0.25, -0.2) is 0 Å². The molecule has 0 N–H and O–H groups in total. The molecule has 24 rings (SSSR count). The van der Waals surface area contributed by atoms with Gasteiger partial charge in [-0.1, -0.05) is 309 Å². The Kier molecular flexibility index (Phi) is 21.1. The van der Waals surface area contributed by atoms with Crippen molar-refractivity contribution >= 4 is 98.1 Å². The smallest absolute Gasteiger partial charge is 0.128 e. The van der Waals surface area contributed by atoms with E-state index in [2.05, 4.69) is 84.5 Å². The van der Waals surface area contributed by atoms with Gasteiger partial charge in [0.05, 0.1) is 16.7 Å². The first-order valence-corrected chi connectivity index (χ1v) is 45.9. The van der Waals surface area contributed by atoms with Crippen LogP contribution in [0.1, 0.15) is 158 Å². The van der Waals surface area contributed by atoms with Gasteiger partial charge in [0.15, 0.2) is 0 Å². The SMILES string of the molecule is [2H]C([2H])([2H])c1c[c-]c(-c2cc(C)c(C([2H])([2H])[2H])cn2)cc1.[2H]C([2H])([2H])c1c[c-]c(-c2ccc(C([2H])([2H])C(C)(C)C)cn2)cc1.[2H]C([2H])([2H])c1c[c-]c(-c2ccc(C([2H])([2H])[2H])cn2)cc1.[2H]C([2H])([2H])c1cnc(-c2[c-]ccc3c2oc2c4ccccc4ccc32)cc1-c1ccc(C)cc1C([2H])([2H])[2H].[2H]C([2H])([2H])c1cnc(-c2[c-]ccc3c2oc2c4ccccc4ccc32)cc1-c1ccc(C)cc1C([2H])([2H])[2H].[2H]C([2H])([2H])c1cnc(-c2[c-]ccc3c2oc2c4ccccc4ccc32)cc1-c1ccc(C)cc1C([2H])([2H])[2H].[Ir].[Ir].[Ir]. The number of hydrogen-bond donors (Lipinski definition) is 0. The molecule has 0 amide bonds. The fraction of sp³-hybridized carbons (Fsp3) is 0.149. The molecular weight excluding hydrogens is 2320 g/mol. The summed E-state index contributed by atoms with van der Waals surface area (Å²) >= 11 is 0. The zero-order chi connectivity index (χ0) is 129. The standard InChI is InChI=1S/3C30H22NO.C17H20N.C14H14N.C13H12N.3Ir/c3*1-18-11-13-22(19(2)15-18)27-16-28(31-17-20(27)3)26-10-6-9-24-25-14-12-21-7-4-5-8-23(21)29(25)32-30(24)26;1-13-5-8-15(9-6-13)16-10-7-14(12-18-16)11-17(2,3)4;1-10-4-6-13(7-5-10)14-8-11(2)12(3)9-15-14;1-10-3-6-12(7-4-10)13-8-5-11(2)9-14-13;;;/h3*4-9,11-17H,1-3H3;5-8,10,12H,11H2,1-4H3;4-6,8-9H,1-3H3;3-6,8-9H,1-2H3;;;/q6*-1;;;/i3*2D3,3D3;1D3,11D2;1D3,3D3;1D3,2D3;;;. The third-order valence-electron chi connectivity index (χ3n) is 24.3. The molecule has 9 aromatic heterocycles. The molecule has 24 aromatic rings. The minimum absolute atomic E-state index is 0. The molecule has 0 saturated carbocycles. The monoisotopic (exact) mass is 2470 g/mol. The zero-order valence-corrected chi connectivity index (χ0v) is 86.9. The number of benzene rings is 15. The van der Waals surface area contributed by atoms with Crippen LogP contribution in [0.25, 0.3) is 199 Å². The molecule has 729 valence electrons. The maximum absolute atomic E-state index is 8.25. The first-order valence-electron chi connectivity index (χ1n) is 63.4. The number of hydrogen-bond acceptors (Lipinski definition) is 9. The summed E-state index contributed by atoms with van der Waals surface area (Å²) in [6, 6.07) is 108. The molecule has 15 aromatic carbocycles. The van der Waals surface area contributed by atoms with Crippen LogP contribution in [-0.2, 0) is 66.7 Å². The predicted octanol–water partition coefficient (Wildman–Crippen LogP) is 35.7. The molecule has 0 unspecified atom stereocenters. The van der Waals surface area contributed by atoms with E-state index in [0.717, 1.165) is 98.1 Å². The summed E-state index contributed by atoms with van der Waals surface area (Å²) in [7, 11) is 0. The van der Waals surface area contributed by atoms with Gasteiger partial charge in [0.1, 0.15) is 16.7 Å². The summed E-state index contributed by atoms with van der Waals surface area (Å²) in [4.78, 5) is 26.0. The Bertz CT molecular complexity index is 9690. The summed E-state index contributed by atoms with van der Waals surface area (Å²) in [6.07, 6.45) is 6.61. The fourth-order valence-corrected chi connectivity index (χ4v) is 17.2. The number of aryl methyl sites for hydroxylation is 15. The van der Waals surface area contributed by atoms with Crippen LogP contribution >= 0.6 is 0 Å². The van der Waals surface area contributed by atoms with Crippen LogP contribution in [0.5, 0.6) is 0 Å². The molecule has 0 bridgehead atoms. The van der Waals surface area contributed by atoms with E-state index in [0.29, 0.717) is 129 Å². The van der Waals surface area contributed by atoms with E-state index < -0.39 is 87.2 Å². The van der Waals surface area contributed by atoms with E-state index >= 15 is 0 Å².